The van der Waals surface area contributed by atoms with E-state index in [0.717, 1.165) is 6.42 Å². The van der Waals surface area contributed by atoms with Crippen LogP contribution in [0.15, 0.2) is 10.2 Å². The summed E-state index contributed by atoms with van der Waals surface area (Å²) in [6.45, 7) is 13.4. The summed E-state index contributed by atoms with van der Waals surface area (Å²) in [5, 5.41) is 8.95. The first-order valence-corrected chi connectivity index (χ1v) is 9.67. The van der Waals surface area contributed by atoms with Crippen LogP contribution in [0.4, 0.5) is 0 Å². The molecule has 0 aromatic carbocycles. The first-order valence-electron chi connectivity index (χ1n) is 6.26. The molecule has 1 aliphatic heterocycles. The SMILES string of the molecule is CC1(C)N=N[C@H]2[C@@H]1CCC2(C)O[Si](C)(C)C. The monoisotopic (exact) mass is 240 g/mol. The predicted molar refractivity (Wildman–Crippen MR) is 68.3 cm³/mol. The van der Waals surface area contributed by atoms with Crippen LogP contribution in [-0.4, -0.2) is 25.5 Å². The standard InChI is InChI=1S/C12H24N2OSi/c1-11(2)9-7-8-12(3,10(9)13-14-11)15-16(4,5)6/h9-10H,7-8H2,1-6H3/t9-,10-,12?/m0/s1. The van der Waals surface area contributed by atoms with Gasteiger partial charge in [-0.1, -0.05) is 0 Å². The highest BCUT2D eigenvalue weighted by Gasteiger charge is 2.56. The predicted octanol–water partition coefficient (Wildman–Crippen LogP) is 3.62. The summed E-state index contributed by atoms with van der Waals surface area (Å²) in [6, 6.07) is 0.286. The molecule has 2 aliphatic rings. The molecular weight excluding hydrogens is 216 g/mol. The molecule has 92 valence electrons. The Morgan fingerprint density at radius 3 is 2.38 bits per heavy atom. The number of nitrogens with zero attached hydrogens (tertiary/aromatic N) is 2. The molecule has 0 aromatic rings. The average molecular weight is 240 g/mol. The summed E-state index contributed by atoms with van der Waals surface area (Å²) in [7, 11) is -1.50. The van der Waals surface area contributed by atoms with E-state index in [0.29, 0.717) is 5.92 Å². The quantitative estimate of drug-likeness (QED) is 0.679. The second kappa shape index (κ2) is 3.39. The topological polar surface area (TPSA) is 34.0 Å². The fourth-order valence-electron chi connectivity index (χ4n) is 3.21. The molecular formula is C12H24N2OSi. The lowest BCUT2D eigenvalue weighted by molar-refractivity contribution is 0.0663. The van der Waals surface area contributed by atoms with Crippen LogP contribution in [0, 0.1) is 5.92 Å². The molecule has 0 aromatic heterocycles. The van der Waals surface area contributed by atoms with Gasteiger partial charge in [-0.3, -0.25) is 0 Å². The Morgan fingerprint density at radius 1 is 1.19 bits per heavy atom. The first-order chi connectivity index (χ1) is 7.14. The van der Waals surface area contributed by atoms with Gasteiger partial charge in [-0.2, -0.15) is 10.2 Å². The summed E-state index contributed by atoms with van der Waals surface area (Å²) in [4.78, 5) is 0. The number of hydrogen-bond acceptors (Lipinski definition) is 3. The Morgan fingerprint density at radius 2 is 1.81 bits per heavy atom. The van der Waals surface area contributed by atoms with E-state index < -0.39 is 8.32 Å². The molecule has 0 spiro atoms. The van der Waals surface area contributed by atoms with Crippen LogP contribution in [0.1, 0.15) is 33.6 Å². The van der Waals surface area contributed by atoms with Gasteiger partial charge in [0.2, 0.25) is 0 Å². The number of rotatable bonds is 2. The van der Waals surface area contributed by atoms with Crippen molar-refractivity contribution >= 4 is 8.32 Å². The second-order valence-corrected chi connectivity index (χ2v) is 11.4. The van der Waals surface area contributed by atoms with Crippen molar-refractivity contribution in [3.05, 3.63) is 0 Å². The van der Waals surface area contributed by atoms with Crippen molar-refractivity contribution in [3.8, 4) is 0 Å². The van der Waals surface area contributed by atoms with E-state index in [1.54, 1.807) is 0 Å². The van der Waals surface area contributed by atoms with Crippen molar-refractivity contribution in [2.75, 3.05) is 0 Å². The molecule has 16 heavy (non-hydrogen) atoms. The van der Waals surface area contributed by atoms with E-state index >= 15 is 0 Å². The molecule has 1 saturated carbocycles. The lowest BCUT2D eigenvalue weighted by atomic mass is 9.84. The average Bonchev–Trinajstić information content (AvgIpc) is 2.50. The minimum Gasteiger partial charge on any atom is -0.410 e. The van der Waals surface area contributed by atoms with Gasteiger partial charge in [-0.15, -0.1) is 0 Å². The van der Waals surface area contributed by atoms with Gasteiger partial charge in [0.25, 0.3) is 0 Å². The maximum absolute atomic E-state index is 6.38. The molecule has 1 fully saturated rings. The Bertz CT molecular complexity index is 321. The van der Waals surface area contributed by atoms with Gasteiger partial charge in [0.1, 0.15) is 6.04 Å². The Labute approximate surface area is 99.8 Å². The van der Waals surface area contributed by atoms with Gasteiger partial charge in [-0.25, -0.2) is 0 Å². The number of fused-ring (bicyclic) bond motifs is 1. The van der Waals surface area contributed by atoms with E-state index in [9.17, 15) is 0 Å². The summed E-state index contributed by atoms with van der Waals surface area (Å²) in [5.41, 5.74) is -0.0440. The zero-order chi connectivity index (χ0) is 12.2. The molecule has 1 heterocycles. The van der Waals surface area contributed by atoms with E-state index in [4.69, 9.17) is 4.43 Å². The van der Waals surface area contributed by atoms with Crippen LogP contribution in [-0.2, 0) is 4.43 Å². The van der Waals surface area contributed by atoms with Gasteiger partial charge < -0.3 is 4.43 Å². The zero-order valence-electron chi connectivity index (χ0n) is 11.4. The van der Waals surface area contributed by atoms with E-state index in [1.807, 2.05) is 0 Å². The lowest BCUT2D eigenvalue weighted by Crippen LogP contribution is -2.46. The zero-order valence-corrected chi connectivity index (χ0v) is 12.4. The minimum atomic E-state index is -1.50. The molecule has 3 nitrogen and oxygen atoms in total. The molecule has 0 amide bonds. The highest BCUT2D eigenvalue weighted by Crippen LogP contribution is 2.50. The van der Waals surface area contributed by atoms with E-state index in [-0.39, 0.29) is 17.2 Å². The maximum Gasteiger partial charge on any atom is 0.184 e. The van der Waals surface area contributed by atoms with Crippen molar-refractivity contribution in [1.82, 2.24) is 0 Å². The second-order valence-electron chi connectivity index (χ2n) is 6.99. The molecule has 0 N–H and O–H groups in total. The van der Waals surface area contributed by atoms with Gasteiger partial charge in [-0.05, 0) is 53.3 Å². The van der Waals surface area contributed by atoms with Crippen molar-refractivity contribution in [3.63, 3.8) is 0 Å². The van der Waals surface area contributed by atoms with Crippen molar-refractivity contribution in [2.45, 2.75) is 70.4 Å². The van der Waals surface area contributed by atoms with Crippen LogP contribution in [0.25, 0.3) is 0 Å². The Balaban J connectivity index is 2.19. The van der Waals surface area contributed by atoms with Crippen LogP contribution in [0.3, 0.4) is 0 Å². The molecule has 1 aliphatic carbocycles. The van der Waals surface area contributed by atoms with E-state index in [2.05, 4.69) is 50.6 Å². The van der Waals surface area contributed by atoms with Crippen LogP contribution < -0.4 is 0 Å². The molecule has 0 saturated heterocycles. The van der Waals surface area contributed by atoms with Crippen LogP contribution in [0.5, 0.6) is 0 Å². The summed E-state index contributed by atoms with van der Waals surface area (Å²) >= 11 is 0. The van der Waals surface area contributed by atoms with Gasteiger partial charge in [0, 0.05) is 5.92 Å². The number of azo groups is 1. The molecule has 2 rings (SSSR count). The van der Waals surface area contributed by atoms with Crippen LogP contribution in [0.2, 0.25) is 19.6 Å². The summed E-state index contributed by atoms with van der Waals surface area (Å²) in [6.07, 6.45) is 2.33. The van der Waals surface area contributed by atoms with Crippen molar-refractivity contribution in [1.29, 1.82) is 0 Å². The summed E-state index contributed by atoms with van der Waals surface area (Å²) < 4.78 is 6.38. The van der Waals surface area contributed by atoms with E-state index in [1.165, 1.54) is 6.42 Å². The maximum atomic E-state index is 6.38. The smallest absolute Gasteiger partial charge is 0.184 e. The third-order valence-electron chi connectivity index (χ3n) is 3.85. The third kappa shape index (κ3) is 1.97. The fourth-order valence-corrected chi connectivity index (χ4v) is 4.83. The number of hydrogen-bond donors (Lipinski definition) is 0. The van der Waals surface area contributed by atoms with Gasteiger partial charge in [0.15, 0.2) is 8.32 Å². The molecule has 1 unspecified atom stereocenters. The largest absolute Gasteiger partial charge is 0.410 e. The molecule has 0 radical (unpaired) electrons. The highest BCUT2D eigenvalue weighted by molar-refractivity contribution is 6.69. The normalized spacial score (nSPS) is 41.4. The minimum absolute atomic E-state index is 0.0191. The molecule has 0 bridgehead atoms. The Kier molecular flexibility index (Phi) is 2.59. The van der Waals surface area contributed by atoms with Crippen LogP contribution >= 0.6 is 0 Å². The Hall–Kier alpha value is -0.223. The first kappa shape index (κ1) is 12.2. The van der Waals surface area contributed by atoms with Gasteiger partial charge in [0.05, 0.1) is 11.1 Å². The van der Waals surface area contributed by atoms with Crippen molar-refractivity contribution in [2.24, 2.45) is 16.1 Å². The molecule has 3 atom stereocenters. The molecule has 4 heteroatoms. The van der Waals surface area contributed by atoms with Crippen molar-refractivity contribution < 1.29 is 4.43 Å². The summed E-state index contributed by atoms with van der Waals surface area (Å²) in [5.74, 6) is 0.578. The van der Waals surface area contributed by atoms with Gasteiger partial charge >= 0.3 is 0 Å². The fraction of sp³-hybridized carbons (Fsp3) is 1.00. The highest BCUT2D eigenvalue weighted by atomic mass is 28.4. The third-order valence-corrected chi connectivity index (χ3v) is 4.92. The lowest BCUT2D eigenvalue weighted by Gasteiger charge is -2.36.